The van der Waals surface area contributed by atoms with Crippen LogP contribution in [0.3, 0.4) is 0 Å². The van der Waals surface area contributed by atoms with Crippen LogP contribution in [0.4, 0.5) is 0 Å². The number of benzene rings is 1. The smallest absolute Gasteiger partial charge is 0.514 e. The summed E-state index contributed by atoms with van der Waals surface area (Å²) in [6, 6.07) is 15.6. The van der Waals surface area contributed by atoms with Crippen LogP contribution in [0, 0.1) is 0 Å². The van der Waals surface area contributed by atoms with Crippen molar-refractivity contribution in [3.63, 3.8) is 0 Å². The molecule has 0 amide bonds. The maximum Gasteiger partial charge on any atom is 2.00 e. The van der Waals surface area contributed by atoms with Gasteiger partial charge in [-0.15, -0.1) is 0 Å². The van der Waals surface area contributed by atoms with Gasteiger partial charge in [-0.1, -0.05) is 36.4 Å². The van der Waals surface area contributed by atoms with E-state index in [2.05, 4.69) is 27.7 Å². The first-order valence-electron chi connectivity index (χ1n) is 6.17. The van der Waals surface area contributed by atoms with E-state index in [-0.39, 0.29) is 17.1 Å². The number of hydrogen-bond donors (Lipinski definition) is 0. The molecule has 1 aromatic heterocycles. The Bertz CT molecular complexity index is 558. The Labute approximate surface area is 140 Å². The van der Waals surface area contributed by atoms with Crippen molar-refractivity contribution in [2.75, 3.05) is 14.1 Å². The first kappa shape index (κ1) is 17.5. The van der Waals surface area contributed by atoms with Gasteiger partial charge in [0.05, 0.1) is 11.4 Å². The van der Waals surface area contributed by atoms with Crippen LogP contribution in [0.25, 0.3) is 5.43 Å². The summed E-state index contributed by atoms with van der Waals surface area (Å²) in [5.41, 5.74) is 6.60. The minimum atomic E-state index is 0. The summed E-state index contributed by atoms with van der Waals surface area (Å²) in [6.45, 7) is 0. The molecule has 6 heteroatoms. The number of aromatic nitrogens is 1. The van der Waals surface area contributed by atoms with Gasteiger partial charge >= 0.3 is 17.1 Å². The maximum absolute atomic E-state index is 4.34. The van der Waals surface area contributed by atoms with E-state index in [0.717, 1.165) is 17.0 Å². The SMILES string of the molecule is CN(C)C(=[SH+])[N-]N=C(c1ccccc1)c1ccccn1.[Cu+2]. The minimum Gasteiger partial charge on any atom is -0.514 e. The van der Waals surface area contributed by atoms with Crippen LogP contribution in [0.5, 0.6) is 0 Å². The summed E-state index contributed by atoms with van der Waals surface area (Å²) in [4.78, 5) is 6.13. The molecule has 2 rings (SSSR count). The topological polar surface area (TPSA) is 42.6 Å². The quantitative estimate of drug-likeness (QED) is 0.213. The Morgan fingerprint density at radius 1 is 1.10 bits per heavy atom. The zero-order valence-electron chi connectivity index (χ0n) is 11.7. The molecule has 21 heavy (non-hydrogen) atoms. The van der Waals surface area contributed by atoms with Gasteiger partial charge in [0, 0.05) is 11.8 Å². The molecule has 1 heterocycles. The Balaban J connectivity index is 0.00000220. The molecule has 0 N–H and O–H groups in total. The third-order valence-electron chi connectivity index (χ3n) is 2.59. The molecule has 0 atom stereocenters. The van der Waals surface area contributed by atoms with Crippen molar-refractivity contribution < 1.29 is 17.1 Å². The predicted molar refractivity (Wildman–Crippen MR) is 87.1 cm³/mol. The number of pyridine rings is 1. The molecule has 4 nitrogen and oxygen atoms in total. The fourth-order valence-corrected chi connectivity index (χ4v) is 1.58. The fraction of sp³-hybridized carbons (Fsp3) is 0.133. The van der Waals surface area contributed by atoms with Gasteiger partial charge in [0.1, 0.15) is 0 Å². The molecule has 111 valence electrons. The molecule has 0 fully saturated rings. The Kier molecular flexibility index (Phi) is 7.19. The van der Waals surface area contributed by atoms with E-state index < -0.39 is 0 Å². The van der Waals surface area contributed by atoms with Crippen molar-refractivity contribution in [3.05, 3.63) is 71.4 Å². The van der Waals surface area contributed by atoms with Crippen LogP contribution in [0.1, 0.15) is 11.3 Å². The molecule has 0 saturated heterocycles. The van der Waals surface area contributed by atoms with Gasteiger partial charge in [0.25, 0.3) is 0 Å². The summed E-state index contributed by atoms with van der Waals surface area (Å²) >= 11 is 4.27. The molecule has 0 spiro atoms. The molecule has 0 aliphatic carbocycles. The summed E-state index contributed by atoms with van der Waals surface area (Å²) in [7, 11) is 3.73. The van der Waals surface area contributed by atoms with Gasteiger partial charge in [-0.2, -0.15) is 0 Å². The van der Waals surface area contributed by atoms with E-state index in [9.17, 15) is 0 Å². The molecule has 1 aromatic carbocycles. The largest absolute Gasteiger partial charge is 2.00 e. The molecule has 0 aliphatic heterocycles. The Morgan fingerprint density at radius 3 is 2.33 bits per heavy atom. The molecular formula is C15H16CuN4S+2. The van der Waals surface area contributed by atoms with E-state index in [0.29, 0.717) is 5.11 Å². The van der Waals surface area contributed by atoms with Crippen LogP contribution < -0.4 is 0 Å². The molecule has 0 unspecified atom stereocenters. The van der Waals surface area contributed by atoms with Crippen LogP contribution in [-0.4, -0.2) is 34.8 Å². The van der Waals surface area contributed by atoms with E-state index in [1.165, 1.54) is 0 Å². The second kappa shape index (κ2) is 8.64. The van der Waals surface area contributed by atoms with Crippen molar-refractivity contribution in [2.24, 2.45) is 5.10 Å². The zero-order chi connectivity index (χ0) is 14.4. The minimum absolute atomic E-state index is 0. The Morgan fingerprint density at radius 2 is 1.76 bits per heavy atom. The van der Waals surface area contributed by atoms with Gasteiger partial charge in [-0.3, -0.25) is 9.88 Å². The zero-order valence-corrected chi connectivity index (χ0v) is 13.6. The standard InChI is InChI=1S/C15H16N4S.Cu/c1-19(2)15(20)18-17-14(12-8-4-3-5-9-12)13-10-6-7-11-16-13;/h3-11H,1-2H3,(H,16,18,20);/q;+2. The summed E-state index contributed by atoms with van der Waals surface area (Å²) in [5, 5.41) is 4.85. The number of nitrogens with zero attached hydrogens (tertiary/aromatic N) is 4. The predicted octanol–water partition coefficient (Wildman–Crippen LogP) is 2.13. The van der Waals surface area contributed by atoms with Crippen LogP contribution in [-0.2, 0) is 29.3 Å². The van der Waals surface area contributed by atoms with Crippen molar-refractivity contribution >= 4 is 23.0 Å². The van der Waals surface area contributed by atoms with Crippen LogP contribution in [0.15, 0.2) is 59.8 Å². The van der Waals surface area contributed by atoms with Gasteiger partial charge in [-0.05, 0) is 26.2 Å². The molecule has 1 radical (unpaired) electrons. The molecule has 0 saturated carbocycles. The van der Waals surface area contributed by atoms with Crippen molar-refractivity contribution in [1.29, 1.82) is 0 Å². The van der Waals surface area contributed by atoms with Crippen LogP contribution in [0.2, 0.25) is 0 Å². The van der Waals surface area contributed by atoms with Crippen LogP contribution >= 0.6 is 0 Å². The first-order valence-corrected chi connectivity index (χ1v) is 6.62. The number of hydrogen-bond acceptors (Lipinski definition) is 2. The number of rotatable bonds is 3. The average Bonchev–Trinajstić information content (AvgIpc) is 2.49. The normalized spacial score (nSPS) is 10.9. The molecule has 2 aromatic rings. The Hall–Kier alpha value is -1.59. The summed E-state index contributed by atoms with van der Waals surface area (Å²) in [5.74, 6) is 0. The van der Waals surface area contributed by atoms with Gasteiger partial charge in [0.15, 0.2) is 17.3 Å². The first-order chi connectivity index (χ1) is 9.68. The van der Waals surface area contributed by atoms with E-state index in [4.69, 9.17) is 0 Å². The second-order valence-electron chi connectivity index (χ2n) is 4.32. The third kappa shape index (κ3) is 5.02. The van der Waals surface area contributed by atoms with Gasteiger partial charge in [0.2, 0.25) is 0 Å². The molecular weight excluding hydrogens is 332 g/mol. The van der Waals surface area contributed by atoms with Crippen molar-refractivity contribution in [1.82, 2.24) is 9.88 Å². The van der Waals surface area contributed by atoms with Gasteiger partial charge in [-0.25, -0.2) is 0 Å². The average molecular weight is 348 g/mol. The number of thiol groups is 1. The molecule has 0 aliphatic rings. The maximum atomic E-state index is 4.34. The fourth-order valence-electron chi connectivity index (χ4n) is 1.54. The monoisotopic (exact) mass is 347 g/mol. The summed E-state index contributed by atoms with van der Waals surface area (Å²) < 4.78 is 0. The van der Waals surface area contributed by atoms with E-state index >= 15 is 0 Å². The molecule has 0 bridgehead atoms. The van der Waals surface area contributed by atoms with E-state index in [1.807, 2.05) is 62.6 Å². The second-order valence-corrected chi connectivity index (χ2v) is 4.72. The van der Waals surface area contributed by atoms with Gasteiger partial charge < -0.3 is 10.5 Å². The summed E-state index contributed by atoms with van der Waals surface area (Å²) in [6.07, 6.45) is 1.74. The third-order valence-corrected chi connectivity index (χ3v) is 3.08. The van der Waals surface area contributed by atoms with Crippen molar-refractivity contribution in [3.8, 4) is 0 Å². The van der Waals surface area contributed by atoms with E-state index in [1.54, 1.807) is 11.1 Å². The van der Waals surface area contributed by atoms with Crippen molar-refractivity contribution in [2.45, 2.75) is 0 Å².